The highest BCUT2D eigenvalue weighted by Gasteiger charge is 2.54. The van der Waals surface area contributed by atoms with E-state index in [1.54, 1.807) is 20.2 Å². The summed E-state index contributed by atoms with van der Waals surface area (Å²) < 4.78 is 30.6. The van der Waals surface area contributed by atoms with Crippen LogP contribution in [0.15, 0.2) is 27.9 Å². The van der Waals surface area contributed by atoms with Gasteiger partial charge in [0, 0.05) is 26.2 Å². The monoisotopic (exact) mass is 365 g/mol. The first-order valence-electron chi connectivity index (χ1n) is 8.15. The van der Waals surface area contributed by atoms with Crippen LogP contribution in [0.5, 0.6) is 0 Å². The average Bonchev–Trinajstić information content (AvgIpc) is 3.23. The normalized spacial score (nSPS) is 26.6. The van der Waals surface area contributed by atoms with Crippen LogP contribution in [0, 0.1) is 5.92 Å². The maximum absolute atomic E-state index is 13.1. The van der Waals surface area contributed by atoms with E-state index < -0.39 is 28.0 Å². The molecule has 9 heteroatoms. The molecule has 2 aromatic rings. The van der Waals surface area contributed by atoms with Gasteiger partial charge in [0.05, 0.1) is 21.8 Å². The first-order chi connectivity index (χ1) is 11.7. The van der Waals surface area contributed by atoms with Crippen molar-refractivity contribution in [2.75, 3.05) is 0 Å². The molecular formula is C16H19N3O5S. The van der Waals surface area contributed by atoms with E-state index >= 15 is 0 Å². The Hall–Kier alpha value is -2.13. The number of rotatable bonds is 3. The second kappa shape index (κ2) is 5.18. The van der Waals surface area contributed by atoms with Crippen molar-refractivity contribution in [3.05, 3.63) is 28.7 Å². The Balaban J connectivity index is 1.82. The van der Waals surface area contributed by atoms with Crippen LogP contribution in [0.4, 0.5) is 0 Å². The second-order valence-corrected chi connectivity index (χ2v) is 8.71. The number of benzene rings is 1. The van der Waals surface area contributed by atoms with Crippen molar-refractivity contribution in [1.82, 2.24) is 13.4 Å². The summed E-state index contributed by atoms with van der Waals surface area (Å²) in [4.78, 5) is 23.5. The quantitative estimate of drug-likeness (QED) is 0.854. The zero-order valence-electron chi connectivity index (χ0n) is 13.9. The molecule has 3 unspecified atom stereocenters. The third-order valence-corrected chi connectivity index (χ3v) is 7.58. The molecule has 2 saturated heterocycles. The molecule has 1 N–H and O–H groups in total. The number of hydrogen-bond donors (Lipinski definition) is 1. The molecule has 1 aromatic carbocycles. The van der Waals surface area contributed by atoms with Crippen LogP contribution in [0.25, 0.3) is 11.0 Å². The van der Waals surface area contributed by atoms with E-state index in [2.05, 4.69) is 0 Å². The van der Waals surface area contributed by atoms with Crippen molar-refractivity contribution < 1.29 is 18.3 Å². The molecule has 3 atom stereocenters. The number of carbonyl (C=O) groups is 1. The van der Waals surface area contributed by atoms with Crippen LogP contribution in [0.1, 0.15) is 19.3 Å². The molecule has 2 bridgehead atoms. The number of imidazole rings is 1. The summed E-state index contributed by atoms with van der Waals surface area (Å²) in [5.74, 6) is -1.58. The molecule has 134 valence electrons. The molecule has 0 amide bonds. The lowest BCUT2D eigenvalue weighted by molar-refractivity contribution is -0.142. The highest BCUT2D eigenvalue weighted by Crippen LogP contribution is 2.45. The SMILES string of the molecule is Cn1c(=O)n(C)c2cc(S(=O)(=O)N3C4CCC3C(C(=O)O)C4)ccc21. The molecule has 2 fully saturated rings. The molecule has 0 aliphatic carbocycles. The molecule has 4 rings (SSSR count). The minimum Gasteiger partial charge on any atom is -0.481 e. The number of aryl methyl sites for hydroxylation is 2. The third kappa shape index (κ3) is 2.12. The number of hydrogen-bond acceptors (Lipinski definition) is 4. The van der Waals surface area contributed by atoms with E-state index in [9.17, 15) is 23.1 Å². The van der Waals surface area contributed by atoms with Crippen molar-refractivity contribution in [1.29, 1.82) is 0 Å². The fourth-order valence-electron chi connectivity index (χ4n) is 4.35. The highest BCUT2D eigenvalue weighted by molar-refractivity contribution is 7.89. The molecular weight excluding hydrogens is 346 g/mol. The smallest absolute Gasteiger partial charge is 0.328 e. The lowest BCUT2D eigenvalue weighted by Crippen LogP contribution is -2.37. The Morgan fingerprint density at radius 1 is 1.16 bits per heavy atom. The fourth-order valence-corrected chi connectivity index (χ4v) is 6.28. The van der Waals surface area contributed by atoms with Crippen LogP contribution in [0.3, 0.4) is 0 Å². The zero-order valence-corrected chi connectivity index (χ0v) is 14.7. The van der Waals surface area contributed by atoms with E-state index in [-0.39, 0.29) is 16.6 Å². The minimum absolute atomic E-state index is 0.101. The van der Waals surface area contributed by atoms with Gasteiger partial charge in [-0.15, -0.1) is 0 Å². The topological polar surface area (TPSA) is 102 Å². The maximum Gasteiger partial charge on any atom is 0.328 e. The van der Waals surface area contributed by atoms with Gasteiger partial charge in [-0.2, -0.15) is 4.31 Å². The summed E-state index contributed by atoms with van der Waals surface area (Å²) in [6, 6.07) is 3.87. The van der Waals surface area contributed by atoms with Gasteiger partial charge in [-0.3, -0.25) is 13.9 Å². The van der Waals surface area contributed by atoms with Crippen LogP contribution in [0.2, 0.25) is 0 Å². The molecule has 2 aliphatic rings. The van der Waals surface area contributed by atoms with Crippen molar-refractivity contribution >= 4 is 27.0 Å². The Bertz CT molecular complexity index is 1050. The second-order valence-electron chi connectivity index (χ2n) is 6.87. The van der Waals surface area contributed by atoms with E-state index in [1.165, 1.54) is 25.6 Å². The van der Waals surface area contributed by atoms with Crippen molar-refractivity contribution in [2.24, 2.45) is 20.0 Å². The number of aliphatic carboxylic acids is 1. The van der Waals surface area contributed by atoms with Gasteiger partial charge in [0.2, 0.25) is 10.0 Å². The maximum atomic E-state index is 13.1. The summed E-state index contributed by atoms with van der Waals surface area (Å²) in [5, 5.41) is 9.34. The number of fused-ring (bicyclic) bond motifs is 3. The predicted octanol–water partition coefficient (Wildman–Crippen LogP) is 0.503. The average molecular weight is 365 g/mol. The lowest BCUT2D eigenvalue weighted by atomic mass is 9.89. The fraction of sp³-hybridized carbons (Fsp3) is 0.500. The van der Waals surface area contributed by atoms with Gasteiger partial charge in [-0.1, -0.05) is 0 Å². The van der Waals surface area contributed by atoms with Gasteiger partial charge in [-0.05, 0) is 37.5 Å². The number of sulfonamides is 1. The summed E-state index contributed by atoms with van der Waals surface area (Å²) in [6.45, 7) is 0. The van der Waals surface area contributed by atoms with Gasteiger partial charge in [-0.25, -0.2) is 13.2 Å². The van der Waals surface area contributed by atoms with Crippen LogP contribution in [-0.2, 0) is 28.9 Å². The summed E-state index contributed by atoms with van der Waals surface area (Å²) in [6.07, 6.45) is 1.64. The Labute approximate surface area is 144 Å². The minimum atomic E-state index is -3.81. The summed E-state index contributed by atoms with van der Waals surface area (Å²) >= 11 is 0. The molecule has 2 aliphatic heterocycles. The van der Waals surface area contributed by atoms with Crippen molar-refractivity contribution in [2.45, 2.75) is 36.2 Å². The van der Waals surface area contributed by atoms with Gasteiger partial charge < -0.3 is 5.11 Å². The van der Waals surface area contributed by atoms with Crippen LogP contribution >= 0.6 is 0 Å². The Morgan fingerprint density at radius 2 is 1.84 bits per heavy atom. The first kappa shape index (κ1) is 16.3. The predicted molar refractivity (Wildman–Crippen MR) is 89.7 cm³/mol. The van der Waals surface area contributed by atoms with E-state index in [1.807, 2.05) is 0 Å². The van der Waals surface area contributed by atoms with Gasteiger partial charge >= 0.3 is 11.7 Å². The van der Waals surface area contributed by atoms with Gasteiger partial charge in [0.25, 0.3) is 0 Å². The summed E-state index contributed by atoms with van der Waals surface area (Å²) in [7, 11) is -0.573. The largest absolute Gasteiger partial charge is 0.481 e. The van der Waals surface area contributed by atoms with Gasteiger partial charge in [0.1, 0.15) is 0 Å². The van der Waals surface area contributed by atoms with Crippen LogP contribution < -0.4 is 5.69 Å². The molecule has 0 radical (unpaired) electrons. The van der Waals surface area contributed by atoms with E-state index in [4.69, 9.17) is 0 Å². The summed E-state index contributed by atoms with van der Waals surface area (Å²) in [5.41, 5.74) is 0.964. The Morgan fingerprint density at radius 3 is 2.48 bits per heavy atom. The van der Waals surface area contributed by atoms with E-state index in [0.29, 0.717) is 30.3 Å². The van der Waals surface area contributed by atoms with Crippen molar-refractivity contribution in [3.8, 4) is 0 Å². The number of nitrogens with zero attached hydrogens (tertiary/aromatic N) is 3. The molecule has 3 heterocycles. The van der Waals surface area contributed by atoms with E-state index in [0.717, 1.165) is 0 Å². The Kier molecular flexibility index (Phi) is 3.39. The lowest BCUT2D eigenvalue weighted by Gasteiger charge is -2.22. The molecule has 0 spiro atoms. The zero-order chi connectivity index (χ0) is 18.1. The molecule has 25 heavy (non-hydrogen) atoms. The van der Waals surface area contributed by atoms with Gasteiger partial charge in [0.15, 0.2) is 0 Å². The number of carboxylic acids is 1. The first-order valence-corrected chi connectivity index (χ1v) is 9.59. The third-order valence-electron chi connectivity index (χ3n) is 5.61. The number of aromatic nitrogens is 2. The number of carboxylic acid groups (broad SMARTS) is 1. The standard InChI is InChI=1S/C16H19N3O5S/c1-17-13-6-4-10(8-14(13)18(2)16(17)22)25(23,24)19-9-3-5-12(19)11(7-9)15(20)21/h4,6,8-9,11-12H,3,5,7H2,1-2H3,(H,20,21). The molecule has 8 nitrogen and oxygen atoms in total. The molecule has 0 saturated carbocycles. The highest BCUT2D eigenvalue weighted by atomic mass is 32.2. The van der Waals surface area contributed by atoms with Crippen LogP contribution in [-0.4, -0.2) is 45.0 Å². The van der Waals surface area contributed by atoms with Crippen molar-refractivity contribution in [3.63, 3.8) is 0 Å². The molecule has 1 aromatic heterocycles.